The molecule has 0 atom stereocenters. The standard InChI is InChI=1S/C54H38N2/c1-3-13-39(14-4-1)41-23-25-42(26-24-41)44-29-35-47(36-30-44)55(46-33-27-43(28-34-46)40-15-5-2-6-16-40)48-37-31-45(32-38-48)49-17-7-10-20-52(49)56-53-21-11-8-18-50(53)51-19-9-12-22-54(51)56/h1-38H/i31D,32D,37D,38D. The van der Waals surface area contributed by atoms with Crippen LogP contribution in [0, 0.1) is 0 Å². The quantitative estimate of drug-likeness (QED) is 0.152. The molecule has 2 nitrogen and oxygen atoms in total. The zero-order valence-corrected chi connectivity index (χ0v) is 30.5. The average Bonchev–Trinajstić information content (AvgIpc) is 3.65. The molecule has 0 N–H and O–H groups in total. The molecule has 0 spiro atoms. The Balaban J connectivity index is 1.11. The predicted octanol–water partition coefficient (Wildman–Crippen LogP) is 14.9. The summed E-state index contributed by atoms with van der Waals surface area (Å²) < 4.78 is 40.7. The first-order chi connectivity index (χ1) is 29.5. The highest BCUT2D eigenvalue weighted by molar-refractivity contribution is 6.09. The zero-order chi connectivity index (χ0) is 40.7. The van der Waals surface area contributed by atoms with Gasteiger partial charge in [0.15, 0.2) is 0 Å². The molecule has 0 bridgehead atoms. The lowest BCUT2D eigenvalue weighted by atomic mass is 10.00. The van der Waals surface area contributed by atoms with Crippen LogP contribution in [0.2, 0.25) is 0 Å². The number of fused-ring (bicyclic) bond motifs is 3. The monoisotopic (exact) mass is 718 g/mol. The molecule has 0 aliphatic carbocycles. The van der Waals surface area contributed by atoms with Crippen LogP contribution in [0.25, 0.3) is 72.0 Å². The van der Waals surface area contributed by atoms with Crippen LogP contribution in [0.4, 0.5) is 17.1 Å². The van der Waals surface area contributed by atoms with Gasteiger partial charge in [-0.25, -0.2) is 0 Å². The first kappa shape index (κ1) is 29.0. The molecule has 9 aromatic carbocycles. The van der Waals surface area contributed by atoms with Crippen molar-refractivity contribution in [2.75, 3.05) is 4.90 Å². The topological polar surface area (TPSA) is 8.17 Å². The van der Waals surface area contributed by atoms with E-state index in [9.17, 15) is 5.48 Å². The Labute approximate surface area is 333 Å². The van der Waals surface area contributed by atoms with E-state index in [-0.39, 0.29) is 35.4 Å². The first-order valence-corrected chi connectivity index (χ1v) is 18.9. The lowest BCUT2D eigenvalue weighted by molar-refractivity contribution is 1.18. The van der Waals surface area contributed by atoms with Gasteiger partial charge in [0, 0.05) is 33.4 Å². The summed E-state index contributed by atoms with van der Waals surface area (Å²) in [5.74, 6) is 0. The summed E-state index contributed by atoms with van der Waals surface area (Å²) in [6.45, 7) is 0. The van der Waals surface area contributed by atoms with Gasteiger partial charge in [-0.05, 0) is 93.5 Å². The van der Waals surface area contributed by atoms with E-state index < -0.39 is 0 Å². The lowest BCUT2D eigenvalue weighted by Crippen LogP contribution is -2.09. The molecule has 1 heterocycles. The van der Waals surface area contributed by atoms with Gasteiger partial charge in [0.1, 0.15) is 0 Å². The third-order valence-electron chi connectivity index (χ3n) is 10.5. The number of nitrogens with zero attached hydrogens (tertiary/aromatic N) is 2. The fourth-order valence-electron chi connectivity index (χ4n) is 7.74. The number of anilines is 3. The van der Waals surface area contributed by atoms with Gasteiger partial charge >= 0.3 is 0 Å². The van der Waals surface area contributed by atoms with Gasteiger partial charge in [0.05, 0.1) is 22.2 Å². The molecule has 0 aliphatic rings. The Kier molecular flexibility index (Phi) is 7.47. The van der Waals surface area contributed by atoms with Crippen molar-refractivity contribution in [1.29, 1.82) is 0 Å². The van der Waals surface area contributed by atoms with E-state index in [4.69, 9.17) is 0 Å². The highest BCUT2D eigenvalue weighted by Crippen LogP contribution is 2.40. The second-order valence-corrected chi connectivity index (χ2v) is 13.8. The molecule has 264 valence electrons. The Bertz CT molecular complexity index is 3080. The van der Waals surface area contributed by atoms with Crippen LogP contribution in [0.5, 0.6) is 0 Å². The Morgan fingerprint density at radius 2 is 0.679 bits per heavy atom. The van der Waals surface area contributed by atoms with Gasteiger partial charge in [-0.2, -0.15) is 0 Å². The minimum atomic E-state index is -0.129. The van der Waals surface area contributed by atoms with Crippen molar-refractivity contribution >= 4 is 38.9 Å². The van der Waals surface area contributed by atoms with Crippen LogP contribution < -0.4 is 4.90 Å². The van der Waals surface area contributed by atoms with E-state index in [2.05, 4.69) is 77.4 Å². The minimum absolute atomic E-state index is 0.111. The Morgan fingerprint density at radius 1 is 0.304 bits per heavy atom. The minimum Gasteiger partial charge on any atom is -0.311 e. The number of aromatic nitrogens is 1. The summed E-state index contributed by atoms with van der Waals surface area (Å²) in [7, 11) is 0. The number of rotatable bonds is 8. The number of para-hydroxylation sites is 3. The second kappa shape index (κ2) is 14.4. The fraction of sp³-hybridized carbons (Fsp3) is 0. The number of benzene rings is 9. The summed E-state index contributed by atoms with van der Waals surface area (Å²) >= 11 is 0. The molecular formula is C54H38N2. The van der Waals surface area contributed by atoms with Crippen LogP contribution in [0.1, 0.15) is 5.48 Å². The fourth-order valence-corrected chi connectivity index (χ4v) is 7.74. The smallest absolute Gasteiger partial charge is 0.0645 e. The van der Waals surface area contributed by atoms with Crippen LogP contribution >= 0.6 is 0 Å². The van der Waals surface area contributed by atoms with Crippen molar-refractivity contribution in [3.8, 4) is 50.2 Å². The summed E-state index contributed by atoms with van der Waals surface area (Å²) in [6, 6.07) is 68.8. The Morgan fingerprint density at radius 3 is 1.16 bits per heavy atom. The molecule has 0 saturated heterocycles. The van der Waals surface area contributed by atoms with Crippen molar-refractivity contribution in [2.24, 2.45) is 0 Å². The van der Waals surface area contributed by atoms with Crippen molar-refractivity contribution < 1.29 is 5.48 Å². The third kappa shape index (κ3) is 6.14. The second-order valence-electron chi connectivity index (χ2n) is 13.8. The normalized spacial score (nSPS) is 12.2. The molecule has 1 aromatic heterocycles. The molecule has 10 rings (SSSR count). The Hall–Kier alpha value is -7.42. The van der Waals surface area contributed by atoms with Crippen LogP contribution in [-0.2, 0) is 0 Å². The molecule has 0 saturated carbocycles. The van der Waals surface area contributed by atoms with E-state index in [1.165, 1.54) is 0 Å². The van der Waals surface area contributed by atoms with Crippen molar-refractivity contribution in [2.45, 2.75) is 0 Å². The maximum absolute atomic E-state index is 9.66. The highest BCUT2D eigenvalue weighted by Gasteiger charge is 2.17. The largest absolute Gasteiger partial charge is 0.311 e. The van der Waals surface area contributed by atoms with E-state index in [1.54, 1.807) is 0 Å². The average molecular weight is 719 g/mol. The van der Waals surface area contributed by atoms with Crippen molar-refractivity contribution in [3.63, 3.8) is 0 Å². The third-order valence-corrected chi connectivity index (χ3v) is 10.5. The molecule has 0 unspecified atom stereocenters. The molecule has 56 heavy (non-hydrogen) atoms. The summed E-state index contributed by atoms with van der Waals surface area (Å²) in [5, 5.41) is 2.20. The molecular weight excluding hydrogens is 677 g/mol. The van der Waals surface area contributed by atoms with E-state index in [1.807, 2.05) is 138 Å². The maximum Gasteiger partial charge on any atom is 0.0645 e. The van der Waals surface area contributed by atoms with Gasteiger partial charge in [0.25, 0.3) is 0 Å². The van der Waals surface area contributed by atoms with Crippen molar-refractivity contribution in [3.05, 3.63) is 230 Å². The van der Waals surface area contributed by atoms with Crippen molar-refractivity contribution in [1.82, 2.24) is 4.57 Å². The van der Waals surface area contributed by atoms with Gasteiger partial charge in [0.2, 0.25) is 0 Å². The molecule has 2 heteroatoms. The van der Waals surface area contributed by atoms with Crippen LogP contribution in [-0.4, -0.2) is 4.57 Å². The maximum atomic E-state index is 9.66. The van der Waals surface area contributed by atoms with Gasteiger partial charge in [-0.3, -0.25) is 0 Å². The molecule has 0 fully saturated rings. The zero-order valence-electron chi connectivity index (χ0n) is 34.5. The predicted molar refractivity (Wildman–Crippen MR) is 237 cm³/mol. The van der Waals surface area contributed by atoms with Crippen LogP contribution in [0.3, 0.4) is 0 Å². The molecule has 0 radical (unpaired) electrons. The van der Waals surface area contributed by atoms with E-state index in [0.717, 1.165) is 60.9 Å². The molecule has 0 aliphatic heterocycles. The van der Waals surface area contributed by atoms with Crippen LogP contribution in [0.15, 0.2) is 230 Å². The number of hydrogen-bond acceptors (Lipinski definition) is 1. The highest BCUT2D eigenvalue weighted by atomic mass is 15.1. The summed E-state index contributed by atoms with van der Waals surface area (Å²) in [5.41, 5.74) is 11.8. The lowest BCUT2D eigenvalue weighted by Gasteiger charge is -2.26. The van der Waals surface area contributed by atoms with Gasteiger partial charge in [-0.1, -0.05) is 176 Å². The number of hydrogen-bond donors (Lipinski definition) is 0. The molecule has 0 amide bonds. The van der Waals surface area contributed by atoms with Gasteiger partial charge < -0.3 is 9.47 Å². The van der Waals surface area contributed by atoms with E-state index in [0.29, 0.717) is 16.9 Å². The summed E-state index contributed by atoms with van der Waals surface area (Å²) in [4.78, 5) is 1.85. The molecule has 10 aromatic rings. The first-order valence-electron chi connectivity index (χ1n) is 20.9. The summed E-state index contributed by atoms with van der Waals surface area (Å²) in [6.07, 6.45) is 0. The van der Waals surface area contributed by atoms with E-state index >= 15 is 0 Å². The SMILES string of the molecule is [2H]c1c([2H])c(N(c2ccc(-c3ccccc3)cc2)c2ccc(-c3ccc(-c4ccccc4)cc3)cc2)c([2H])c([2H])c1-c1ccccc1-n1c2ccccc2c2ccccc21. The van der Waals surface area contributed by atoms with Gasteiger partial charge in [-0.15, -0.1) is 0 Å².